The summed E-state index contributed by atoms with van der Waals surface area (Å²) in [6.07, 6.45) is 2.53. The van der Waals surface area contributed by atoms with Gasteiger partial charge in [0.25, 0.3) is 0 Å². The second-order valence-electron chi connectivity index (χ2n) is 9.03. The number of benzene rings is 2. The Labute approximate surface area is 181 Å². The summed E-state index contributed by atoms with van der Waals surface area (Å²) in [4.78, 5) is 18.6. The number of nitrogens with zero attached hydrogens (tertiary/aromatic N) is 1. The number of halogens is 1. The zero-order valence-corrected chi connectivity index (χ0v) is 17.8. The lowest BCUT2D eigenvalue weighted by Crippen LogP contribution is -2.39. The number of rotatable bonds is 6. The van der Waals surface area contributed by atoms with E-state index in [1.165, 1.54) is 17.7 Å². The lowest BCUT2D eigenvalue weighted by Gasteiger charge is -2.26. The van der Waals surface area contributed by atoms with Crippen LogP contribution in [0.15, 0.2) is 54.7 Å². The normalized spacial score (nSPS) is 24.4. The van der Waals surface area contributed by atoms with Crippen LogP contribution in [0.4, 0.5) is 4.39 Å². The zero-order valence-electron chi connectivity index (χ0n) is 17.8. The van der Waals surface area contributed by atoms with Crippen LogP contribution in [0.3, 0.4) is 0 Å². The van der Waals surface area contributed by atoms with Gasteiger partial charge in [-0.15, -0.1) is 0 Å². The third-order valence-corrected chi connectivity index (χ3v) is 6.23. The van der Waals surface area contributed by atoms with E-state index in [0.717, 1.165) is 22.9 Å². The van der Waals surface area contributed by atoms with Gasteiger partial charge in [0.15, 0.2) is 5.79 Å². The first-order valence-electron chi connectivity index (χ1n) is 10.8. The number of aromatic nitrogens is 1. The molecule has 0 bridgehead atoms. The Morgan fingerprint density at radius 3 is 2.77 bits per heavy atom. The maximum Gasteiger partial charge on any atom is 0.226 e. The average Bonchev–Trinajstić information content (AvgIpc) is 3.36. The molecule has 5 nitrogen and oxygen atoms in total. The molecule has 31 heavy (non-hydrogen) atoms. The third kappa shape index (κ3) is 4.23. The number of carbonyl (C=O) groups is 1. The highest BCUT2D eigenvalue weighted by molar-refractivity contribution is 5.86. The quantitative estimate of drug-likeness (QED) is 0.632. The van der Waals surface area contributed by atoms with Crippen molar-refractivity contribution in [3.8, 4) is 0 Å². The molecule has 6 heteroatoms. The molecular formula is C25H27FN2O3. The highest BCUT2D eigenvalue weighted by Gasteiger charge is 2.46. The first-order chi connectivity index (χ1) is 14.9. The van der Waals surface area contributed by atoms with E-state index >= 15 is 0 Å². The van der Waals surface area contributed by atoms with E-state index in [-0.39, 0.29) is 29.7 Å². The van der Waals surface area contributed by atoms with E-state index in [2.05, 4.69) is 17.1 Å². The van der Waals surface area contributed by atoms with E-state index in [4.69, 9.17) is 9.47 Å². The van der Waals surface area contributed by atoms with Crippen LogP contribution in [0.5, 0.6) is 0 Å². The fraction of sp³-hybridized carbons (Fsp3) is 0.400. The monoisotopic (exact) mass is 422 g/mol. The van der Waals surface area contributed by atoms with E-state index in [0.29, 0.717) is 19.7 Å². The molecule has 1 aliphatic carbocycles. The van der Waals surface area contributed by atoms with Gasteiger partial charge in [-0.1, -0.05) is 30.3 Å². The minimum Gasteiger partial charge on any atom is -0.361 e. The standard InChI is InChI=1S/C25H27FN2O3/c1-25(2)30-15-19(31-25)14-28(13-17-12-27-23-9-8-18(26)10-21(17)23)24(29)22-11-20(22)16-6-4-3-5-7-16/h3-10,12,19-20,22,27H,11,13-15H2,1-2H3/t19-,20-,22+/m0/s1. The van der Waals surface area contributed by atoms with Gasteiger partial charge in [-0.25, -0.2) is 4.39 Å². The summed E-state index contributed by atoms with van der Waals surface area (Å²) < 4.78 is 25.5. The molecule has 0 unspecified atom stereocenters. The van der Waals surface area contributed by atoms with Gasteiger partial charge in [0.1, 0.15) is 11.9 Å². The van der Waals surface area contributed by atoms with Crippen LogP contribution in [-0.2, 0) is 20.8 Å². The second-order valence-corrected chi connectivity index (χ2v) is 9.03. The van der Waals surface area contributed by atoms with E-state index in [9.17, 15) is 9.18 Å². The van der Waals surface area contributed by atoms with Crippen LogP contribution < -0.4 is 0 Å². The largest absolute Gasteiger partial charge is 0.361 e. The number of H-pyrrole nitrogens is 1. The van der Waals surface area contributed by atoms with Crippen LogP contribution in [-0.4, -0.2) is 40.8 Å². The molecular weight excluding hydrogens is 395 g/mol. The summed E-state index contributed by atoms with van der Waals surface area (Å²) in [7, 11) is 0. The Bertz CT molecular complexity index is 1090. The Balaban J connectivity index is 1.38. The van der Waals surface area contributed by atoms with Gasteiger partial charge in [-0.3, -0.25) is 4.79 Å². The first-order valence-corrected chi connectivity index (χ1v) is 10.8. The summed E-state index contributed by atoms with van der Waals surface area (Å²) in [5.74, 6) is -0.580. The SMILES string of the molecule is CC1(C)OC[C@H](CN(Cc2c[nH]c3ccc(F)cc23)C(=O)[C@@H]2C[C@H]2c2ccccc2)O1. The second kappa shape index (κ2) is 7.77. The van der Waals surface area contributed by atoms with Crippen LogP contribution >= 0.6 is 0 Å². The van der Waals surface area contributed by atoms with Gasteiger partial charge >= 0.3 is 0 Å². The van der Waals surface area contributed by atoms with Gasteiger partial charge in [-0.05, 0) is 55.5 Å². The van der Waals surface area contributed by atoms with E-state index in [1.807, 2.05) is 43.1 Å². The van der Waals surface area contributed by atoms with Gasteiger partial charge in [-0.2, -0.15) is 0 Å². The molecule has 162 valence electrons. The molecule has 0 spiro atoms. The highest BCUT2D eigenvalue weighted by Crippen LogP contribution is 2.48. The third-order valence-electron chi connectivity index (χ3n) is 6.23. The first kappa shape index (κ1) is 20.2. The molecule has 5 rings (SSSR count). The molecule has 1 saturated heterocycles. The van der Waals surface area contributed by atoms with Crippen LogP contribution in [0.1, 0.15) is 37.3 Å². The zero-order chi connectivity index (χ0) is 21.6. The van der Waals surface area contributed by atoms with Crippen LogP contribution in [0.2, 0.25) is 0 Å². The molecule has 0 radical (unpaired) electrons. The molecule has 2 heterocycles. The number of nitrogens with one attached hydrogen (secondary N) is 1. The molecule has 2 aromatic carbocycles. The van der Waals surface area contributed by atoms with Crippen molar-refractivity contribution in [2.75, 3.05) is 13.2 Å². The Morgan fingerprint density at radius 2 is 2.03 bits per heavy atom. The smallest absolute Gasteiger partial charge is 0.226 e. The Kier molecular flexibility index (Phi) is 5.07. The van der Waals surface area contributed by atoms with Crippen molar-refractivity contribution in [1.82, 2.24) is 9.88 Å². The van der Waals surface area contributed by atoms with Gasteiger partial charge in [0.05, 0.1) is 6.61 Å². The van der Waals surface area contributed by atoms with Crippen LogP contribution in [0, 0.1) is 11.7 Å². The minimum atomic E-state index is -0.643. The summed E-state index contributed by atoms with van der Waals surface area (Å²) in [6, 6.07) is 14.9. The molecule has 2 fully saturated rings. The molecule has 1 aliphatic heterocycles. The minimum absolute atomic E-state index is 0.0281. The summed E-state index contributed by atoms with van der Waals surface area (Å²) >= 11 is 0. The van der Waals surface area contributed by atoms with Gasteiger partial charge < -0.3 is 19.4 Å². The summed E-state index contributed by atoms with van der Waals surface area (Å²) in [5.41, 5.74) is 2.97. The van der Waals surface area contributed by atoms with E-state index in [1.54, 1.807) is 6.07 Å². The number of fused-ring (bicyclic) bond motifs is 1. The van der Waals surface area contributed by atoms with E-state index < -0.39 is 5.79 Å². The predicted molar refractivity (Wildman–Crippen MR) is 116 cm³/mol. The van der Waals surface area contributed by atoms with Crippen molar-refractivity contribution < 1.29 is 18.7 Å². The van der Waals surface area contributed by atoms with Gasteiger partial charge in [0.2, 0.25) is 5.91 Å². The average molecular weight is 423 g/mol. The topological polar surface area (TPSA) is 54.6 Å². The molecule has 1 aromatic heterocycles. The van der Waals surface area contributed by atoms with Crippen molar-refractivity contribution in [2.24, 2.45) is 5.92 Å². The van der Waals surface area contributed by atoms with Crippen molar-refractivity contribution in [3.05, 3.63) is 71.7 Å². The number of hydrogen-bond donors (Lipinski definition) is 1. The van der Waals surface area contributed by atoms with Crippen molar-refractivity contribution in [2.45, 2.75) is 44.6 Å². The Hall–Kier alpha value is -2.70. The molecule has 1 N–H and O–H groups in total. The maximum atomic E-state index is 13.8. The van der Waals surface area contributed by atoms with Crippen molar-refractivity contribution >= 4 is 16.8 Å². The molecule has 3 atom stereocenters. The molecule has 3 aromatic rings. The fourth-order valence-electron chi connectivity index (χ4n) is 4.59. The number of amides is 1. The highest BCUT2D eigenvalue weighted by atomic mass is 19.1. The van der Waals surface area contributed by atoms with Crippen molar-refractivity contribution in [3.63, 3.8) is 0 Å². The molecule has 1 saturated carbocycles. The summed E-state index contributed by atoms with van der Waals surface area (Å²) in [6.45, 7) is 5.07. The number of carbonyl (C=O) groups excluding carboxylic acids is 1. The number of hydrogen-bond acceptors (Lipinski definition) is 3. The summed E-state index contributed by atoms with van der Waals surface area (Å²) in [5, 5.41) is 0.803. The lowest BCUT2D eigenvalue weighted by molar-refractivity contribution is -0.147. The van der Waals surface area contributed by atoms with Gasteiger partial charge in [0, 0.05) is 36.1 Å². The fourth-order valence-corrected chi connectivity index (χ4v) is 4.59. The Morgan fingerprint density at radius 1 is 1.23 bits per heavy atom. The number of aromatic amines is 1. The lowest BCUT2D eigenvalue weighted by atomic mass is 10.1. The predicted octanol–water partition coefficient (Wildman–Crippen LogP) is 4.59. The number of ether oxygens (including phenoxy) is 2. The van der Waals surface area contributed by atoms with Crippen LogP contribution in [0.25, 0.3) is 10.9 Å². The maximum absolute atomic E-state index is 13.8. The molecule has 2 aliphatic rings. The van der Waals surface area contributed by atoms with Crippen molar-refractivity contribution in [1.29, 1.82) is 0 Å². The molecule has 1 amide bonds.